The van der Waals surface area contributed by atoms with Crippen LogP contribution in [0.1, 0.15) is 43.2 Å². The highest BCUT2D eigenvalue weighted by molar-refractivity contribution is 14.0. The smallest absolute Gasteiger partial charge is 0.191 e. The summed E-state index contributed by atoms with van der Waals surface area (Å²) in [5.41, 5.74) is 2.07. The number of methoxy groups -OCH3 is 1. The summed E-state index contributed by atoms with van der Waals surface area (Å²) >= 11 is 0. The molecular weight excluding hydrogens is 470 g/mol. The van der Waals surface area contributed by atoms with Crippen LogP contribution in [0.25, 0.3) is 0 Å². The van der Waals surface area contributed by atoms with Gasteiger partial charge < -0.3 is 20.3 Å². The van der Waals surface area contributed by atoms with E-state index < -0.39 is 0 Å². The fraction of sp³-hybridized carbons (Fsp3) is 0.667. The summed E-state index contributed by atoms with van der Waals surface area (Å²) in [4.78, 5) is 6.31. The lowest BCUT2D eigenvalue weighted by Crippen LogP contribution is -2.43. The molecule has 0 radical (unpaired) electrons. The van der Waals surface area contributed by atoms with Gasteiger partial charge in [-0.1, -0.05) is 18.9 Å². The highest BCUT2D eigenvalue weighted by Gasteiger charge is 2.33. The number of guanidine groups is 1. The van der Waals surface area contributed by atoms with E-state index in [1.165, 1.54) is 25.7 Å². The van der Waals surface area contributed by atoms with E-state index in [0.717, 1.165) is 31.1 Å². The molecule has 7 heteroatoms. The third-order valence-corrected chi connectivity index (χ3v) is 5.41. The zero-order valence-corrected chi connectivity index (χ0v) is 20.0. The highest BCUT2D eigenvalue weighted by Crippen LogP contribution is 2.40. The summed E-state index contributed by atoms with van der Waals surface area (Å²) in [7, 11) is 7.44. The molecular formula is C21H36FIN4O. The van der Waals surface area contributed by atoms with Crippen molar-refractivity contribution < 1.29 is 9.13 Å². The van der Waals surface area contributed by atoms with Gasteiger partial charge in [-0.3, -0.25) is 4.99 Å². The maximum Gasteiger partial charge on any atom is 0.191 e. The Morgan fingerprint density at radius 3 is 2.57 bits per heavy atom. The van der Waals surface area contributed by atoms with Gasteiger partial charge in [0, 0.05) is 46.0 Å². The summed E-state index contributed by atoms with van der Waals surface area (Å²) < 4.78 is 19.2. The van der Waals surface area contributed by atoms with Gasteiger partial charge in [-0.25, -0.2) is 4.39 Å². The van der Waals surface area contributed by atoms with Gasteiger partial charge in [0.05, 0.1) is 0 Å². The standard InChI is InChI=1S/C21H35FN4O.HI/c1-23-20(25-16-21(11-12-27-4)9-5-6-10-21)24-14-17-7-8-19(22)18(13-17)15-26(2)3;/h7-8,13H,5-6,9-12,14-16H2,1-4H3,(H2,23,24,25);1H. The lowest BCUT2D eigenvalue weighted by atomic mass is 9.83. The minimum absolute atomic E-state index is 0. The van der Waals surface area contributed by atoms with Gasteiger partial charge >= 0.3 is 0 Å². The zero-order chi connectivity index (χ0) is 19.7. The fourth-order valence-corrected chi connectivity index (χ4v) is 3.84. The summed E-state index contributed by atoms with van der Waals surface area (Å²) in [5.74, 6) is 0.633. The van der Waals surface area contributed by atoms with Crippen LogP contribution in [0.15, 0.2) is 23.2 Å². The van der Waals surface area contributed by atoms with Crippen molar-refractivity contribution in [3.63, 3.8) is 0 Å². The molecule has 5 nitrogen and oxygen atoms in total. The first kappa shape index (κ1) is 25.1. The van der Waals surface area contributed by atoms with Crippen LogP contribution < -0.4 is 10.6 Å². The number of nitrogens with one attached hydrogen (secondary N) is 2. The van der Waals surface area contributed by atoms with Crippen LogP contribution in [0.4, 0.5) is 4.39 Å². The van der Waals surface area contributed by atoms with Crippen molar-refractivity contribution in [3.05, 3.63) is 35.1 Å². The predicted octanol–water partition coefficient (Wildman–Crippen LogP) is 3.77. The third-order valence-electron chi connectivity index (χ3n) is 5.41. The van der Waals surface area contributed by atoms with Crippen LogP contribution in [-0.2, 0) is 17.8 Å². The molecule has 0 atom stereocenters. The molecule has 1 aromatic carbocycles. The maximum atomic E-state index is 13.9. The van der Waals surface area contributed by atoms with Gasteiger partial charge in [0.2, 0.25) is 0 Å². The number of halogens is 2. The number of hydrogen-bond donors (Lipinski definition) is 2. The van der Waals surface area contributed by atoms with E-state index in [4.69, 9.17) is 4.74 Å². The monoisotopic (exact) mass is 506 g/mol. The molecule has 0 aliphatic heterocycles. The van der Waals surface area contributed by atoms with Crippen molar-refractivity contribution >= 4 is 29.9 Å². The van der Waals surface area contributed by atoms with Crippen molar-refractivity contribution in [3.8, 4) is 0 Å². The van der Waals surface area contributed by atoms with E-state index >= 15 is 0 Å². The summed E-state index contributed by atoms with van der Waals surface area (Å²) in [5, 5.41) is 6.85. The SMILES string of the molecule is CN=C(NCc1ccc(F)c(CN(C)C)c1)NCC1(CCOC)CCCC1.I. The zero-order valence-electron chi connectivity index (χ0n) is 17.7. The van der Waals surface area contributed by atoms with Gasteiger partial charge in [0.25, 0.3) is 0 Å². The molecule has 0 heterocycles. The Morgan fingerprint density at radius 1 is 1.25 bits per heavy atom. The summed E-state index contributed by atoms with van der Waals surface area (Å²) in [6.07, 6.45) is 6.15. The Kier molecular flexibility index (Phi) is 11.3. The van der Waals surface area contributed by atoms with Crippen LogP contribution in [0.5, 0.6) is 0 Å². The first-order chi connectivity index (χ1) is 13.0. The lowest BCUT2D eigenvalue weighted by Gasteiger charge is -2.30. The van der Waals surface area contributed by atoms with E-state index in [1.807, 2.05) is 31.1 Å². The molecule has 1 aliphatic carbocycles. The van der Waals surface area contributed by atoms with Crippen molar-refractivity contribution in [2.45, 2.75) is 45.2 Å². The molecule has 1 fully saturated rings. The molecule has 0 bridgehead atoms. The van der Waals surface area contributed by atoms with Crippen LogP contribution >= 0.6 is 24.0 Å². The Labute approximate surface area is 186 Å². The molecule has 0 saturated heterocycles. The third kappa shape index (κ3) is 7.83. The molecule has 2 rings (SSSR count). The molecule has 0 spiro atoms. The van der Waals surface area contributed by atoms with Crippen LogP contribution in [-0.4, -0.2) is 52.3 Å². The van der Waals surface area contributed by atoms with Crippen molar-refractivity contribution in [1.29, 1.82) is 0 Å². The quantitative estimate of drug-likeness (QED) is 0.304. The summed E-state index contributed by atoms with van der Waals surface area (Å²) in [6, 6.07) is 5.29. The van der Waals surface area contributed by atoms with E-state index in [1.54, 1.807) is 20.2 Å². The maximum absolute atomic E-state index is 13.9. The molecule has 0 aromatic heterocycles. The molecule has 1 saturated carbocycles. The van der Waals surface area contributed by atoms with Crippen molar-refractivity contribution in [2.75, 3.05) is 41.4 Å². The summed E-state index contributed by atoms with van der Waals surface area (Å²) in [6.45, 7) is 2.92. The number of hydrogen-bond acceptors (Lipinski definition) is 3. The second-order valence-corrected chi connectivity index (χ2v) is 7.89. The Bertz CT molecular complexity index is 618. The Balaban J connectivity index is 0.00000392. The highest BCUT2D eigenvalue weighted by atomic mass is 127. The van der Waals surface area contributed by atoms with Gasteiger partial charge in [0.1, 0.15) is 5.82 Å². The lowest BCUT2D eigenvalue weighted by molar-refractivity contribution is 0.138. The van der Waals surface area contributed by atoms with E-state index in [-0.39, 0.29) is 29.8 Å². The van der Waals surface area contributed by atoms with Crippen LogP contribution in [0.2, 0.25) is 0 Å². The van der Waals surface area contributed by atoms with Gasteiger partial charge in [-0.2, -0.15) is 0 Å². The van der Waals surface area contributed by atoms with Crippen LogP contribution in [0.3, 0.4) is 0 Å². The number of aliphatic imine (C=N–C) groups is 1. The normalized spacial score (nSPS) is 16.1. The molecule has 0 amide bonds. The fourth-order valence-electron chi connectivity index (χ4n) is 3.84. The largest absolute Gasteiger partial charge is 0.385 e. The van der Waals surface area contributed by atoms with Crippen molar-refractivity contribution in [2.24, 2.45) is 10.4 Å². The van der Waals surface area contributed by atoms with Gasteiger partial charge in [0.15, 0.2) is 5.96 Å². The van der Waals surface area contributed by atoms with E-state index in [9.17, 15) is 4.39 Å². The van der Waals surface area contributed by atoms with E-state index in [0.29, 0.717) is 24.1 Å². The molecule has 0 unspecified atom stereocenters. The van der Waals surface area contributed by atoms with Crippen molar-refractivity contribution in [1.82, 2.24) is 15.5 Å². The molecule has 2 N–H and O–H groups in total. The molecule has 28 heavy (non-hydrogen) atoms. The second kappa shape index (κ2) is 12.6. The number of benzene rings is 1. The van der Waals surface area contributed by atoms with E-state index in [2.05, 4.69) is 15.6 Å². The first-order valence-electron chi connectivity index (χ1n) is 9.83. The van der Waals surface area contributed by atoms with Gasteiger partial charge in [-0.05, 0) is 56.5 Å². The predicted molar refractivity (Wildman–Crippen MR) is 125 cm³/mol. The van der Waals surface area contributed by atoms with Crippen LogP contribution in [0, 0.1) is 11.2 Å². The first-order valence-corrected chi connectivity index (χ1v) is 9.83. The average molecular weight is 506 g/mol. The Hall–Kier alpha value is -0.930. The Morgan fingerprint density at radius 2 is 1.96 bits per heavy atom. The average Bonchev–Trinajstić information content (AvgIpc) is 3.11. The molecule has 1 aromatic rings. The second-order valence-electron chi connectivity index (χ2n) is 7.89. The number of ether oxygens (including phenoxy) is 1. The molecule has 1 aliphatic rings. The molecule has 160 valence electrons. The number of nitrogens with zero attached hydrogens (tertiary/aromatic N) is 2. The minimum Gasteiger partial charge on any atom is -0.385 e. The van der Waals surface area contributed by atoms with Gasteiger partial charge in [-0.15, -0.1) is 24.0 Å². The number of rotatable bonds is 9. The minimum atomic E-state index is -0.156. The topological polar surface area (TPSA) is 48.9 Å².